The van der Waals surface area contributed by atoms with Gasteiger partial charge in [0.25, 0.3) is 5.91 Å². The SMILES string of the molecule is COCCCN(CC(=O)N1CCc2sccc2C1c1ccc(F)cc1)C(=O)c1cc(C(F)(F)F)cc(C(F)(F)F)c1. The van der Waals surface area contributed by atoms with Crippen molar-refractivity contribution in [1.82, 2.24) is 9.80 Å². The smallest absolute Gasteiger partial charge is 0.385 e. The lowest BCUT2D eigenvalue weighted by atomic mass is 9.93. The standard InChI is InChI=1S/C28H25F7N2O3S/c1-40-11-2-9-36(26(39)18-13-19(27(30,31)32)15-20(14-18)28(33,34)35)16-24(38)37-10-7-23-22(8-12-41-23)25(37)17-3-5-21(29)6-4-17/h3-6,8,12-15,25H,2,7,9-11,16H2,1H3. The maximum Gasteiger partial charge on any atom is 0.416 e. The fraction of sp³-hybridized carbons (Fsp3) is 0.357. The van der Waals surface area contributed by atoms with Gasteiger partial charge in [-0.25, -0.2) is 4.39 Å². The van der Waals surface area contributed by atoms with Crippen LogP contribution < -0.4 is 0 Å². The van der Waals surface area contributed by atoms with Crippen LogP contribution in [0.5, 0.6) is 0 Å². The predicted molar refractivity (Wildman–Crippen MR) is 137 cm³/mol. The predicted octanol–water partition coefficient (Wildman–Crippen LogP) is 6.58. The van der Waals surface area contributed by atoms with Crippen molar-refractivity contribution in [3.05, 3.63) is 92.4 Å². The first-order chi connectivity index (χ1) is 19.3. The van der Waals surface area contributed by atoms with Crippen molar-refractivity contribution < 1.29 is 45.1 Å². The van der Waals surface area contributed by atoms with E-state index in [2.05, 4.69) is 0 Å². The van der Waals surface area contributed by atoms with Gasteiger partial charge in [0.2, 0.25) is 5.91 Å². The summed E-state index contributed by atoms with van der Waals surface area (Å²) in [5.74, 6) is -2.19. The molecule has 0 radical (unpaired) electrons. The van der Waals surface area contributed by atoms with Crippen LogP contribution in [0.25, 0.3) is 0 Å². The molecule has 0 saturated heterocycles. The number of fused-ring (bicyclic) bond motifs is 1. The second-order valence-corrected chi connectivity index (χ2v) is 10.5. The first-order valence-electron chi connectivity index (χ1n) is 12.5. The second kappa shape index (κ2) is 12.2. The minimum absolute atomic E-state index is 0.0589. The average Bonchev–Trinajstić information content (AvgIpc) is 3.40. The lowest BCUT2D eigenvalue weighted by Gasteiger charge is -2.37. The molecule has 1 aliphatic rings. The van der Waals surface area contributed by atoms with Crippen molar-refractivity contribution >= 4 is 23.2 Å². The van der Waals surface area contributed by atoms with Crippen molar-refractivity contribution in [2.45, 2.75) is 31.2 Å². The van der Waals surface area contributed by atoms with Crippen molar-refractivity contribution in [1.29, 1.82) is 0 Å². The van der Waals surface area contributed by atoms with E-state index in [1.807, 2.05) is 11.4 Å². The zero-order chi connectivity index (χ0) is 29.9. The van der Waals surface area contributed by atoms with E-state index in [0.717, 1.165) is 15.3 Å². The molecule has 41 heavy (non-hydrogen) atoms. The molecule has 5 nitrogen and oxygen atoms in total. The van der Waals surface area contributed by atoms with Crippen molar-refractivity contribution in [2.75, 3.05) is 33.4 Å². The number of carbonyl (C=O) groups is 2. The van der Waals surface area contributed by atoms with Crippen LogP contribution >= 0.6 is 11.3 Å². The molecule has 1 aromatic heterocycles. The molecular formula is C28H25F7N2O3S. The Morgan fingerprint density at radius 3 is 2.22 bits per heavy atom. The van der Waals surface area contributed by atoms with Gasteiger partial charge in [-0.2, -0.15) is 26.3 Å². The average molecular weight is 603 g/mol. The molecule has 220 valence electrons. The monoisotopic (exact) mass is 602 g/mol. The molecule has 2 aromatic carbocycles. The van der Waals surface area contributed by atoms with E-state index in [1.54, 1.807) is 0 Å². The van der Waals surface area contributed by atoms with Gasteiger partial charge in [-0.05, 0) is 65.7 Å². The Morgan fingerprint density at radius 1 is 1.00 bits per heavy atom. The number of amides is 2. The van der Waals surface area contributed by atoms with E-state index >= 15 is 0 Å². The Balaban J connectivity index is 1.67. The highest BCUT2D eigenvalue weighted by Crippen LogP contribution is 2.39. The van der Waals surface area contributed by atoms with Gasteiger partial charge in [-0.3, -0.25) is 9.59 Å². The van der Waals surface area contributed by atoms with Crippen LogP contribution in [0.3, 0.4) is 0 Å². The third-order valence-electron chi connectivity index (χ3n) is 6.70. The largest absolute Gasteiger partial charge is 0.416 e. The normalized spacial score (nSPS) is 15.5. The molecule has 0 fully saturated rings. The number of ether oxygens (including phenoxy) is 1. The van der Waals surface area contributed by atoms with Gasteiger partial charge in [0.1, 0.15) is 12.4 Å². The van der Waals surface area contributed by atoms with E-state index in [4.69, 9.17) is 4.74 Å². The summed E-state index contributed by atoms with van der Waals surface area (Å²) < 4.78 is 99.2. The zero-order valence-electron chi connectivity index (χ0n) is 21.7. The topological polar surface area (TPSA) is 49.9 Å². The summed E-state index contributed by atoms with van der Waals surface area (Å²) in [4.78, 5) is 30.5. The lowest BCUT2D eigenvalue weighted by Crippen LogP contribution is -2.47. The van der Waals surface area contributed by atoms with Crippen molar-refractivity contribution in [3.8, 4) is 0 Å². The Labute approximate surface area is 235 Å². The number of carbonyl (C=O) groups excluding carboxylic acids is 2. The molecular weight excluding hydrogens is 577 g/mol. The van der Waals surface area contributed by atoms with Gasteiger partial charge in [0, 0.05) is 37.2 Å². The summed E-state index contributed by atoms with van der Waals surface area (Å²) in [7, 11) is 1.39. The minimum atomic E-state index is -5.14. The second-order valence-electron chi connectivity index (χ2n) is 9.46. The van der Waals surface area contributed by atoms with Crippen LogP contribution in [0.2, 0.25) is 0 Å². The summed E-state index contributed by atoms with van der Waals surface area (Å²) in [5.41, 5.74) is -2.66. The molecule has 0 N–H and O–H groups in total. The molecule has 13 heteroatoms. The van der Waals surface area contributed by atoms with Gasteiger partial charge >= 0.3 is 12.4 Å². The summed E-state index contributed by atoms with van der Waals surface area (Å²) in [6, 6.07) is 7.46. The number of alkyl halides is 6. The minimum Gasteiger partial charge on any atom is -0.385 e. The quantitative estimate of drug-likeness (QED) is 0.216. The van der Waals surface area contributed by atoms with Crippen LogP contribution in [0, 0.1) is 5.82 Å². The molecule has 0 aliphatic carbocycles. The summed E-state index contributed by atoms with van der Waals surface area (Å²) in [6.45, 7) is -0.378. The van der Waals surface area contributed by atoms with Crippen LogP contribution in [-0.2, 0) is 28.3 Å². The molecule has 2 amide bonds. The highest BCUT2D eigenvalue weighted by atomic mass is 32.1. The number of hydrogen-bond acceptors (Lipinski definition) is 4. The molecule has 0 saturated carbocycles. The summed E-state index contributed by atoms with van der Waals surface area (Å²) in [6.07, 6.45) is -9.59. The number of nitrogens with zero attached hydrogens (tertiary/aromatic N) is 2. The number of methoxy groups -OCH3 is 1. The van der Waals surface area contributed by atoms with Gasteiger partial charge in [0.05, 0.1) is 17.2 Å². The first-order valence-corrected chi connectivity index (χ1v) is 13.4. The van der Waals surface area contributed by atoms with Gasteiger partial charge in [0.15, 0.2) is 0 Å². The molecule has 1 atom stereocenters. The molecule has 4 rings (SSSR count). The first kappa shape index (κ1) is 30.5. The number of hydrogen-bond donors (Lipinski definition) is 0. The maximum absolute atomic E-state index is 13.7. The fourth-order valence-corrected chi connectivity index (χ4v) is 5.66. The van der Waals surface area contributed by atoms with Crippen molar-refractivity contribution in [3.63, 3.8) is 0 Å². The summed E-state index contributed by atoms with van der Waals surface area (Å²) >= 11 is 1.50. The van der Waals surface area contributed by atoms with E-state index in [0.29, 0.717) is 24.1 Å². The molecule has 0 spiro atoms. The number of thiophene rings is 1. The highest BCUT2D eigenvalue weighted by molar-refractivity contribution is 7.10. The molecule has 0 bridgehead atoms. The van der Waals surface area contributed by atoms with E-state index in [1.165, 1.54) is 47.6 Å². The van der Waals surface area contributed by atoms with Crippen LogP contribution in [0.4, 0.5) is 30.7 Å². The van der Waals surface area contributed by atoms with Gasteiger partial charge < -0.3 is 14.5 Å². The Morgan fingerprint density at radius 2 is 1.63 bits per heavy atom. The maximum atomic E-state index is 13.7. The molecule has 1 unspecified atom stereocenters. The number of benzene rings is 2. The van der Waals surface area contributed by atoms with E-state index < -0.39 is 59.3 Å². The fourth-order valence-electron chi connectivity index (χ4n) is 4.76. The zero-order valence-corrected chi connectivity index (χ0v) is 22.5. The Kier molecular flexibility index (Phi) is 9.07. The number of rotatable bonds is 8. The molecule has 1 aliphatic heterocycles. The highest BCUT2D eigenvalue weighted by Gasteiger charge is 2.39. The number of halogens is 7. The van der Waals surface area contributed by atoms with Crippen LogP contribution in [0.15, 0.2) is 53.9 Å². The van der Waals surface area contributed by atoms with E-state index in [9.17, 15) is 40.3 Å². The lowest BCUT2D eigenvalue weighted by molar-refractivity contribution is -0.143. The van der Waals surface area contributed by atoms with Gasteiger partial charge in [-0.1, -0.05) is 12.1 Å². The van der Waals surface area contributed by atoms with Crippen LogP contribution in [0.1, 0.15) is 50.0 Å². The van der Waals surface area contributed by atoms with Crippen molar-refractivity contribution in [2.24, 2.45) is 0 Å². The third kappa shape index (κ3) is 7.07. The molecule has 2 heterocycles. The Bertz CT molecular complexity index is 1350. The van der Waals surface area contributed by atoms with Gasteiger partial charge in [-0.15, -0.1) is 11.3 Å². The van der Waals surface area contributed by atoms with E-state index in [-0.39, 0.29) is 32.2 Å². The summed E-state index contributed by atoms with van der Waals surface area (Å²) in [5, 5.41) is 1.86. The van der Waals surface area contributed by atoms with Crippen LogP contribution in [-0.4, -0.2) is 55.0 Å². The Hall–Kier alpha value is -3.45. The molecule has 3 aromatic rings. The third-order valence-corrected chi connectivity index (χ3v) is 7.69.